The van der Waals surface area contributed by atoms with Gasteiger partial charge < -0.3 is 5.21 Å². The fraction of sp³-hybridized carbons (Fsp3) is 0.333. The molecule has 0 spiro atoms. The Morgan fingerprint density at radius 3 is 3.00 bits per heavy atom. The predicted octanol–water partition coefficient (Wildman–Crippen LogP) is 1.74. The van der Waals surface area contributed by atoms with Crippen molar-refractivity contribution in [2.45, 2.75) is 24.8 Å². The maximum Gasteiger partial charge on any atom is 0.258 e. The third kappa shape index (κ3) is 3.06. The number of carbonyl (C=O) groups excluding carboxylic acids is 1. The molecule has 1 aromatic heterocycles. The second-order valence-corrected chi connectivity index (χ2v) is 3.67. The van der Waals surface area contributed by atoms with Crippen molar-refractivity contribution in [2.24, 2.45) is 0 Å². The van der Waals surface area contributed by atoms with E-state index in [-0.39, 0.29) is 5.12 Å². The Kier molecular flexibility index (Phi) is 3.76. The molecule has 1 aromatic rings. The number of nitrogens with zero attached hydrogens (tertiary/aromatic N) is 1. The molecule has 0 saturated carbocycles. The average molecular weight is 197 g/mol. The van der Waals surface area contributed by atoms with E-state index in [1.54, 1.807) is 18.2 Å². The number of rotatable bonds is 3. The zero-order valence-corrected chi connectivity index (χ0v) is 8.21. The summed E-state index contributed by atoms with van der Waals surface area (Å²) >= 11 is 1.01. The van der Waals surface area contributed by atoms with E-state index in [1.807, 2.05) is 6.92 Å². The molecule has 0 aliphatic heterocycles. The molecular formula is C9H11NO2S. The van der Waals surface area contributed by atoms with Gasteiger partial charge in [-0.1, -0.05) is 6.92 Å². The highest BCUT2D eigenvalue weighted by atomic mass is 32.2. The Bertz CT molecular complexity index is 301. The van der Waals surface area contributed by atoms with Crippen LogP contribution in [-0.2, 0) is 4.79 Å². The first kappa shape index (κ1) is 10.1. The van der Waals surface area contributed by atoms with Gasteiger partial charge in [-0.3, -0.25) is 4.79 Å². The van der Waals surface area contributed by atoms with Crippen molar-refractivity contribution in [1.82, 2.24) is 0 Å². The molecule has 0 aromatic carbocycles. The molecule has 3 nitrogen and oxygen atoms in total. The molecule has 0 unspecified atom stereocenters. The van der Waals surface area contributed by atoms with Gasteiger partial charge in [-0.15, -0.1) is 0 Å². The number of carbonyl (C=O) groups is 1. The van der Waals surface area contributed by atoms with Gasteiger partial charge in [0.25, 0.3) is 5.03 Å². The number of aromatic nitrogens is 1. The van der Waals surface area contributed by atoms with Crippen LogP contribution in [0, 0.1) is 5.21 Å². The quantitative estimate of drug-likeness (QED) is 0.421. The van der Waals surface area contributed by atoms with Gasteiger partial charge >= 0.3 is 0 Å². The molecule has 0 radical (unpaired) electrons. The van der Waals surface area contributed by atoms with Gasteiger partial charge in [-0.25, -0.2) is 0 Å². The molecule has 70 valence electrons. The Hall–Kier alpha value is -1.03. The molecule has 0 aliphatic carbocycles. The van der Waals surface area contributed by atoms with Gasteiger partial charge in [0.1, 0.15) is 0 Å². The minimum absolute atomic E-state index is 0.0401. The summed E-state index contributed by atoms with van der Waals surface area (Å²) in [7, 11) is 0. The summed E-state index contributed by atoms with van der Waals surface area (Å²) < 4.78 is 0.707. The molecule has 4 heteroatoms. The van der Waals surface area contributed by atoms with Crippen molar-refractivity contribution in [2.75, 3.05) is 0 Å². The highest BCUT2D eigenvalue weighted by Crippen LogP contribution is 2.15. The number of hydrogen-bond acceptors (Lipinski definition) is 3. The number of thioether (sulfide) groups is 1. The maximum atomic E-state index is 11.2. The molecular weight excluding hydrogens is 186 g/mol. The first-order chi connectivity index (χ1) is 6.24. The van der Waals surface area contributed by atoms with Crippen molar-refractivity contribution in [3.63, 3.8) is 0 Å². The molecule has 0 bridgehead atoms. The van der Waals surface area contributed by atoms with E-state index in [1.165, 1.54) is 6.20 Å². The lowest BCUT2D eigenvalue weighted by molar-refractivity contribution is -0.645. The van der Waals surface area contributed by atoms with E-state index >= 15 is 0 Å². The lowest BCUT2D eigenvalue weighted by atomic mass is 10.4. The molecule has 0 fully saturated rings. The summed E-state index contributed by atoms with van der Waals surface area (Å²) in [5.41, 5.74) is 0. The van der Waals surface area contributed by atoms with Crippen LogP contribution in [0.4, 0.5) is 0 Å². The zero-order chi connectivity index (χ0) is 9.68. The summed E-state index contributed by atoms with van der Waals surface area (Å²) in [5, 5.41) is 11.6. The molecule has 0 amide bonds. The van der Waals surface area contributed by atoms with Crippen LogP contribution in [0.25, 0.3) is 0 Å². The number of hydrogen-bond donors (Lipinski definition) is 0. The average Bonchev–Trinajstić information content (AvgIpc) is 2.09. The van der Waals surface area contributed by atoms with E-state index in [2.05, 4.69) is 0 Å². The molecule has 1 rings (SSSR count). The minimum atomic E-state index is 0.0401. The fourth-order valence-electron chi connectivity index (χ4n) is 0.863. The second kappa shape index (κ2) is 4.87. The minimum Gasteiger partial charge on any atom is -0.618 e. The Balaban J connectivity index is 2.63. The van der Waals surface area contributed by atoms with Gasteiger partial charge in [0.15, 0.2) is 11.3 Å². The van der Waals surface area contributed by atoms with E-state index in [4.69, 9.17) is 0 Å². The van der Waals surface area contributed by atoms with Crippen LogP contribution in [0.1, 0.15) is 19.8 Å². The van der Waals surface area contributed by atoms with Crippen LogP contribution < -0.4 is 4.73 Å². The lowest BCUT2D eigenvalue weighted by Crippen LogP contribution is -2.28. The largest absolute Gasteiger partial charge is 0.618 e. The van der Waals surface area contributed by atoms with Crippen molar-refractivity contribution in [1.29, 1.82) is 0 Å². The third-order valence-electron chi connectivity index (χ3n) is 1.46. The van der Waals surface area contributed by atoms with Crippen molar-refractivity contribution in [3.05, 3.63) is 29.6 Å². The topological polar surface area (TPSA) is 44.0 Å². The summed E-state index contributed by atoms with van der Waals surface area (Å²) in [6, 6.07) is 5.03. The first-order valence-corrected chi connectivity index (χ1v) is 4.94. The fourth-order valence-corrected chi connectivity index (χ4v) is 1.70. The molecule has 0 atom stereocenters. The van der Waals surface area contributed by atoms with Crippen LogP contribution >= 0.6 is 11.8 Å². The highest BCUT2D eigenvalue weighted by Gasteiger charge is 2.10. The van der Waals surface area contributed by atoms with Gasteiger partial charge in [0.2, 0.25) is 0 Å². The summed E-state index contributed by atoms with van der Waals surface area (Å²) in [6.45, 7) is 1.94. The van der Waals surface area contributed by atoms with E-state index in [9.17, 15) is 10.0 Å². The van der Waals surface area contributed by atoms with Gasteiger partial charge in [0.05, 0.1) is 0 Å². The maximum absolute atomic E-state index is 11.2. The van der Waals surface area contributed by atoms with E-state index < -0.39 is 0 Å². The van der Waals surface area contributed by atoms with Crippen LogP contribution in [0.15, 0.2) is 29.4 Å². The number of pyridine rings is 1. The van der Waals surface area contributed by atoms with Crippen LogP contribution in [0.2, 0.25) is 0 Å². The Labute approximate surface area is 81.4 Å². The van der Waals surface area contributed by atoms with Gasteiger partial charge in [-0.05, 0) is 12.5 Å². The molecule has 1 heterocycles. The zero-order valence-electron chi connectivity index (χ0n) is 7.40. The standard InChI is InChI=1S/C9H11NO2S/c1-2-5-9(11)13-8-6-3-4-7-10(8)12/h3-4,6-7H,2,5H2,1H3. The van der Waals surface area contributed by atoms with Crippen LogP contribution in [0.5, 0.6) is 0 Å². The van der Waals surface area contributed by atoms with Gasteiger partial charge in [0, 0.05) is 30.3 Å². The second-order valence-electron chi connectivity index (χ2n) is 2.59. The van der Waals surface area contributed by atoms with Crippen molar-refractivity contribution < 1.29 is 9.52 Å². The normalized spacial score (nSPS) is 9.92. The Morgan fingerprint density at radius 2 is 2.38 bits per heavy atom. The predicted molar refractivity (Wildman–Crippen MR) is 51.2 cm³/mol. The molecule has 0 N–H and O–H groups in total. The summed E-state index contributed by atoms with van der Waals surface area (Å²) in [5.74, 6) is 0. The first-order valence-electron chi connectivity index (χ1n) is 4.13. The molecule has 13 heavy (non-hydrogen) atoms. The Morgan fingerprint density at radius 1 is 1.62 bits per heavy atom. The van der Waals surface area contributed by atoms with Crippen LogP contribution in [-0.4, -0.2) is 5.12 Å². The van der Waals surface area contributed by atoms with Crippen LogP contribution in [0.3, 0.4) is 0 Å². The van der Waals surface area contributed by atoms with Crippen molar-refractivity contribution in [3.8, 4) is 0 Å². The highest BCUT2D eigenvalue weighted by molar-refractivity contribution is 8.13. The van der Waals surface area contributed by atoms with E-state index in [0.717, 1.165) is 18.2 Å². The smallest absolute Gasteiger partial charge is 0.258 e. The van der Waals surface area contributed by atoms with E-state index in [0.29, 0.717) is 16.2 Å². The summed E-state index contributed by atoms with van der Waals surface area (Å²) in [6.07, 6.45) is 2.72. The SMILES string of the molecule is CCCC(=O)Sc1cccc[n+]1[O-]. The third-order valence-corrected chi connectivity index (χ3v) is 2.42. The monoisotopic (exact) mass is 197 g/mol. The van der Waals surface area contributed by atoms with Crippen molar-refractivity contribution >= 4 is 16.9 Å². The summed E-state index contributed by atoms with van der Waals surface area (Å²) in [4.78, 5) is 11.2. The molecule has 0 aliphatic rings. The van der Waals surface area contributed by atoms with Gasteiger partial charge in [-0.2, -0.15) is 4.73 Å². The lowest BCUT2D eigenvalue weighted by Gasteiger charge is -2.00. The molecule has 0 saturated heterocycles.